The number of rotatable bonds is 17. The van der Waals surface area contributed by atoms with Crippen molar-refractivity contribution in [1.82, 2.24) is 20.9 Å². The number of aliphatic carboxylic acids is 2. The van der Waals surface area contributed by atoms with E-state index in [9.17, 15) is 38.7 Å². The van der Waals surface area contributed by atoms with Gasteiger partial charge in [-0.15, -0.1) is 0 Å². The van der Waals surface area contributed by atoms with Crippen LogP contribution in [0.1, 0.15) is 37.7 Å². The third kappa shape index (κ3) is 10.2. The number of hydrogen-bond acceptors (Lipinski definition) is 8. The maximum absolute atomic E-state index is 13.3. The van der Waals surface area contributed by atoms with E-state index in [0.29, 0.717) is 5.56 Å². The van der Waals surface area contributed by atoms with Crippen molar-refractivity contribution in [2.45, 2.75) is 62.7 Å². The number of primary amides is 2. The molecule has 0 saturated heterocycles. The average Bonchev–Trinajstić information content (AvgIpc) is 3.30. The number of amides is 5. The Morgan fingerprint density at radius 1 is 0.780 bits per heavy atom. The highest BCUT2D eigenvalue weighted by Gasteiger charge is 2.32. The van der Waals surface area contributed by atoms with Gasteiger partial charge >= 0.3 is 11.9 Å². The summed E-state index contributed by atoms with van der Waals surface area (Å²) in [6.07, 6.45) is -0.526. The third-order valence-corrected chi connectivity index (χ3v) is 6.07. The van der Waals surface area contributed by atoms with Gasteiger partial charge in [-0.25, -0.2) is 4.79 Å². The molecule has 0 saturated carbocycles. The van der Waals surface area contributed by atoms with Gasteiger partial charge in [0.05, 0.1) is 12.5 Å². The molecule has 222 valence electrons. The van der Waals surface area contributed by atoms with E-state index in [1.165, 1.54) is 0 Å². The monoisotopic (exact) mass is 575 g/mol. The number of fused-ring (bicyclic) bond motifs is 1. The summed E-state index contributed by atoms with van der Waals surface area (Å²) in [6.45, 7) is 0. The first-order valence-electron chi connectivity index (χ1n) is 12.5. The van der Waals surface area contributed by atoms with Crippen molar-refractivity contribution in [1.29, 1.82) is 0 Å². The molecule has 0 fully saturated rings. The van der Waals surface area contributed by atoms with Crippen LogP contribution < -0.4 is 33.2 Å². The molecule has 0 aliphatic heterocycles. The number of nitrogens with two attached hydrogens (primary N) is 3. The topological polar surface area (TPSA) is 290 Å². The van der Waals surface area contributed by atoms with Crippen molar-refractivity contribution in [2.24, 2.45) is 17.2 Å². The Morgan fingerprint density at radius 2 is 1.39 bits per heavy atom. The van der Waals surface area contributed by atoms with Crippen molar-refractivity contribution in [2.75, 3.05) is 0 Å². The number of hydrogen-bond donors (Lipinski definition) is 9. The van der Waals surface area contributed by atoms with E-state index in [2.05, 4.69) is 20.9 Å². The highest BCUT2D eigenvalue weighted by atomic mass is 16.4. The highest BCUT2D eigenvalue weighted by molar-refractivity contribution is 5.96. The molecule has 0 bridgehead atoms. The minimum Gasteiger partial charge on any atom is -0.481 e. The van der Waals surface area contributed by atoms with Gasteiger partial charge in [0.2, 0.25) is 29.5 Å². The Kier molecular flexibility index (Phi) is 11.8. The van der Waals surface area contributed by atoms with E-state index in [-0.39, 0.29) is 25.7 Å². The molecule has 1 aromatic carbocycles. The van der Waals surface area contributed by atoms with Crippen LogP contribution in [-0.2, 0) is 40.0 Å². The molecule has 0 aliphatic carbocycles. The number of H-pyrrole nitrogens is 1. The quantitative estimate of drug-likeness (QED) is 0.0961. The van der Waals surface area contributed by atoms with Crippen molar-refractivity contribution >= 4 is 52.4 Å². The van der Waals surface area contributed by atoms with Crippen LogP contribution in [0.25, 0.3) is 10.9 Å². The number of carbonyl (C=O) groups is 7. The number of carboxylic acids is 2. The third-order valence-electron chi connectivity index (χ3n) is 6.07. The molecule has 2 rings (SSSR count). The fourth-order valence-electron chi connectivity index (χ4n) is 3.92. The number of nitrogens with one attached hydrogen (secondary N) is 4. The predicted octanol–water partition coefficient (Wildman–Crippen LogP) is -2.42. The van der Waals surface area contributed by atoms with Gasteiger partial charge in [0, 0.05) is 36.4 Å². The largest absolute Gasteiger partial charge is 0.481 e. The van der Waals surface area contributed by atoms with Crippen LogP contribution in [0.15, 0.2) is 30.5 Å². The van der Waals surface area contributed by atoms with Crippen molar-refractivity contribution in [3.05, 3.63) is 36.0 Å². The summed E-state index contributed by atoms with van der Waals surface area (Å²) in [6, 6.07) is 1.26. The second kappa shape index (κ2) is 15.0. The Bertz CT molecular complexity index is 1310. The van der Waals surface area contributed by atoms with E-state index < -0.39 is 78.5 Å². The van der Waals surface area contributed by atoms with Crippen molar-refractivity contribution in [3.63, 3.8) is 0 Å². The summed E-state index contributed by atoms with van der Waals surface area (Å²) >= 11 is 0. The summed E-state index contributed by atoms with van der Waals surface area (Å²) in [4.78, 5) is 87.2. The minimum atomic E-state index is -1.58. The number of aromatic nitrogens is 1. The molecule has 4 unspecified atom stereocenters. The molecule has 4 atom stereocenters. The number of benzene rings is 1. The number of carbonyl (C=O) groups excluding carboxylic acids is 5. The lowest BCUT2D eigenvalue weighted by Gasteiger charge is -2.25. The van der Waals surface area contributed by atoms with Gasteiger partial charge in [-0.2, -0.15) is 0 Å². The number of carboxylic acid groups (broad SMARTS) is 2. The standard InChI is InChI=1S/C25H33N7O9/c26-14(5-8-21(35)36)22(37)31-18(10-20(28)34)24(39)32-17(9-12-11-29-15-4-2-1-3-13(12)15)23(38)30-16(25(40)41)6-7-19(27)33/h1-4,11,14,16-18,29H,5-10,26H2,(H2,27,33)(H2,28,34)(H,30,38)(H,31,37)(H,32,39)(H,35,36)(H,40,41). The Morgan fingerprint density at radius 3 is 2.00 bits per heavy atom. The zero-order valence-electron chi connectivity index (χ0n) is 21.9. The summed E-state index contributed by atoms with van der Waals surface area (Å²) in [7, 11) is 0. The molecule has 2 aromatic rings. The van der Waals surface area contributed by atoms with E-state index in [1.54, 1.807) is 30.5 Å². The molecule has 1 heterocycles. The van der Waals surface area contributed by atoms with Crippen LogP contribution in [0.3, 0.4) is 0 Å². The predicted molar refractivity (Wildman–Crippen MR) is 143 cm³/mol. The zero-order chi connectivity index (χ0) is 30.7. The summed E-state index contributed by atoms with van der Waals surface area (Å²) in [5.41, 5.74) is 17.3. The molecule has 12 N–H and O–H groups in total. The smallest absolute Gasteiger partial charge is 0.326 e. The van der Waals surface area contributed by atoms with Crippen LogP contribution in [0.4, 0.5) is 0 Å². The normalized spacial score (nSPS) is 13.8. The van der Waals surface area contributed by atoms with E-state index in [1.807, 2.05) is 0 Å². The molecule has 0 aliphatic rings. The van der Waals surface area contributed by atoms with Crippen LogP contribution in [0.5, 0.6) is 0 Å². The maximum atomic E-state index is 13.3. The Balaban J connectivity index is 2.31. The zero-order valence-corrected chi connectivity index (χ0v) is 21.9. The molecular formula is C25H33N7O9. The second-order valence-corrected chi connectivity index (χ2v) is 9.30. The lowest BCUT2D eigenvalue weighted by Crippen LogP contribution is -2.58. The molecule has 0 radical (unpaired) electrons. The molecule has 5 amide bonds. The second-order valence-electron chi connectivity index (χ2n) is 9.30. The average molecular weight is 576 g/mol. The van der Waals surface area contributed by atoms with Crippen LogP contribution in [-0.4, -0.2) is 80.8 Å². The van der Waals surface area contributed by atoms with Gasteiger partial charge in [0.25, 0.3) is 0 Å². The fourth-order valence-corrected chi connectivity index (χ4v) is 3.92. The van der Waals surface area contributed by atoms with Gasteiger partial charge in [-0.3, -0.25) is 28.8 Å². The molecule has 16 nitrogen and oxygen atoms in total. The van der Waals surface area contributed by atoms with Gasteiger partial charge in [-0.05, 0) is 24.5 Å². The first-order chi connectivity index (χ1) is 19.3. The number of para-hydroxylation sites is 1. The van der Waals surface area contributed by atoms with Crippen molar-refractivity contribution in [3.8, 4) is 0 Å². The number of aromatic amines is 1. The summed E-state index contributed by atoms with van der Waals surface area (Å²) in [5, 5.41) is 26.0. The van der Waals surface area contributed by atoms with Gasteiger partial charge in [0.15, 0.2) is 0 Å². The van der Waals surface area contributed by atoms with E-state index in [4.69, 9.17) is 22.3 Å². The van der Waals surface area contributed by atoms with Crippen molar-refractivity contribution < 1.29 is 43.8 Å². The SMILES string of the molecule is NC(=O)CCC(NC(=O)C(Cc1c[nH]c2ccccc12)NC(=O)C(CC(N)=O)NC(=O)C(N)CCC(=O)O)C(=O)O. The molecule has 41 heavy (non-hydrogen) atoms. The van der Waals surface area contributed by atoms with Gasteiger partial charge in [-0.1, -0.05) is 18.2 Å². The van der Waals surface area contributed by atoms with Crippen LogP contribution in [0.2, 0.25) is 0 Å². The van der Waals surface area contributed by atoms with E-state index >= 15 is 0 Å². The van der Waals surface area contributed by atoms with E-state index in [0.717, 1.165) is 10.9 Å². The highest BCUT2D eigenvalue weighted by Crippen LogP contribution is 2.19. The molecular weight excluding hydrogens is 542 g/mol. The first-order valence-corrected chi connectivity index (χ1v) is 12.5. The Labute approximate surface area is 233 Å². The lowest BCUT2D eigenvalue weighted by molar-refractivity contribution is -0.143. The van der Waals surface area contributed by atoms with Gasteiger partial charge < -0.3 is 48.3 Å². The summed E-state index contributed by atoms with van der Waals surface area (Å²) < 4.78 is 0. The Hall–Kier alpha value is -4.99. The molecule has 0 spiro atoms. The first kappa shape index (κ1) is 32.2. The molecule has 1 aromatic heterocycles. The fraction of sp³-hybridized carbons (Fsp3) is 0.400. The van der Waals surface area contributed by atoms with Gasteiger partial charge in [0.1, 0.15) is 18.1 Å². The minimum absolute atomic E-state index is 0.140. The lowest BCUT2D eigenvalue weighted by atomic mass is 10.0. The molecule has 16 heteroatoms. The summed E-state index contributed by atoms with van der Waals surface area (Å²) in [5.74, 6) is -7.25. The van der Waals surface area contributed by atoms with Crippen LogP contribution >= 0.6 is 0 Å². The maximum Gasteiger partial charge on any atom is 0.326 e. The van der Waals surface area contributed by atoms with Crippen LogP contribution in [0, 0.1) is 0 Å².